The van der Waals surface area contributed by atoms with Crippen LogP contribution in [0.25, 0.3) is 0 Å². The molecule has 1 N–H and O–H groups in total. The first-order valence-corrected chi connectivity index (χ1v) is 8.06. The van der Waals surface area contributed by atoms with Gasteiger partial charge < -0.3 is 5.11 Å². The predicted octanol–water partition coefficient (Wildman–Crippen LogP) is 1.84. The van der Waals surface area contributed by atoms with Crippen LogP contribution in [0.5, 0.6) is 0 Å². The van der Waals surface area contributed by atoms with Gasteiger partial charge in [-0.05, 0) is 25.5 Å². The fourth-order valence-corrected chi connectivity index (χ4v) is 3.24. The largest absolute Gasteiger partial charge is 0.395 e. The fourth-order valence-electron chi connectivity index (χ4n) is 1.66. The van der Waals surface area contributed by atoms with E-state index in [0.717, 1.165) is 6.42 Å². The lowest BCUT2D eigenvalue weighted by atomic mass is 10.2. The van der Waals surface area contributed by atoms with Crippen LogP contribution in [0.1, 0.15) is 32.3 Å². The van der Waals surface area contributed by atoms with Gasteiger partial charge in [0, 0.05) is 25.1 Å². The maximum absolute atomic E-state index is 12.6. The van der Waals surface area contributed by atoms with Crippen LogP contribution < -0.4 is 0 Å². The molecule has 1 unspecified atom stereocenters. The molecule has 0 aliphatic heterocycles. The van der Waals surface area contributed by atoms with E-state index in [1.165, 1.54) is 4.31 Å². The van der Waals surface area contributed by atoms with Crippen LogP contribution in [0.3, 0.4) is 0 Å². The Hall–Kier alpha value is -1.35. The third kappa shape index (κ3) is 3.83. The van der Waals surface area contributed by atoms with E-state index in [4.69, 9.17) is 5.11 Å². The van der Waals surface area contributed by atoms with Gasteiger partial charge in [-0.2, -0.15) is 4.31 Å². The highest BCUT2D eigenvalue weighted by Crippen LogP contribution is 2.21. The Balaban J connectivity index is 3.23. The summed E-state index contributed by atoms with van der Waals surface area (Å²) in [5.41, 5.74) is 0.469. The summed E-state index contributed by atoms with van der Waals surface area (Å²) in [6.45, 7) is 3.79. The number of rotatable bonds is 5. The summed E-state index contributed by atoms with van der Waals surface area (Å²) in [6.07, 6.45) is 1.07. The first-order valence-electron chi connectivity index (χ1n) is 6.62. The second-order valence-electron chi connectivity index (χ2n) is 4.55. The standard InChI is InChI=1S/C15H21NO3S/c1-4-13(2)16(3)20(18,19)15-11-6-5-9-14(15)10-7-8-12-17/h5-6,9,11,13,17H,4,8,12H2,1-3H3. The lowest BCUT2D eigenvalue weighted by Gasteiger charge is -2.23. The number of aliphatic hydroxyl groups excluding tert-OH is 1. The number of hydrogen-bond acceptors (Lipinski definition) is 3. The molecule has 0 fully saturated rings. The molecule has 0 bridgehead atoms. The molecule has 110 valence electrons. The zero-order valence-electron chi connectivity index (χ0n) is 12.1. The quantitative estimate of drug-likeness (QED) is 0.843. The van der Waals surface area contributed by atoms with E-state index in [1.54, 1.807) is 31.3 Å². The second-order valence-corrected chi connectivity index (χ2v) is 6.52. The highest BCUT2D eigenvalue weighted by Gasteiger charge is 2.26. The lowest BCUT2D eigenvalue weighted by molar-refractivity contribution is 0.305. The van der Waals surface area contributed by atoms with Crippen LogP contribution in [-0.2, 0) is 10.0 Å². The van der Waals surface area contributed by atoms with Gasteiger partial charge in [0.15, 0.2) is 0 Å². The minimum Gasteiger partial charge on any atom is -0.395 e. The second kappa shape index (κ2) is 7.44. The molecule has 0 saturated heterocycles. The molecule has 0 radical (unpaired) electrons. The average molecular weight is 295 g/mol. The summed E-state index contributed by atoms with van der Waals surface area (Å²) in [4.78, 5) is 0.216. The number of hydrogen-bond donors (Lipinski definition) is 1. The normalized spacial score (nSPS) is 12.8. The maximum atomic E-state index is 12.6. The zero-order valence-corrected chi connectivity index (χ0v) is 12.9. The molecule has 4 nitrogen and oxygen atoms in total. The Morgan fingerprint density at radius 1 is 1.35 bits per heavy atom. The minimum atomic E-state index is -3.55. The molecule has 20 heavy (non-hydrogen) atoms. The van der Waals surface area contributed by atoms with Crippen LogP contribution in [0.4, 0.5) is 0 Å². The van der Waals surface area contributed by atoms with Gasteiger partial charge in [-0.3, -0.25) is 0 Å². The van der Waals surface area contributed by atoms with Gasteiger partial charge in [0.25, 0.3) is 0 Å². The molecule has 0 spiro atoms. The summed E-state index contributed by atoms with van der Waals surface area (Å²) in [5, 5.41) is 8.74. The Morgan fingerprint density at radius 3 is 2.60 bits per heavy atom. The molecular formula is C15H21NO3S. The molecule has 0 saturated carbocycles. The molecule has 5 heteroatoms. The molecule has 1 atom stereocenters. The molecule has 0 aliphatic rings. The van der Waals surface area contributed by atoms with Crippen LogP contribution in [0.15, 0.2) is 29.2 Å². The smallest absolute Gasteiger partial charge is 0.244 e. The highest BCUT2D eigenvalue weighted by atomic mass is 32.2. The summed E-state index contributed by atoms with van der Waals surface area (Å²) in [5.74, 6) is 5.58. The predicted molar refractivity (Wildman–Crippen MR) is 79.7 cm³/mol. The molecule has 1 aromatic carbocycles. The third-order valence-electron chi connectivity index (χ3n) is 3.22. The van der Waals surface area contributed by atoms with E-state index >= 15 is 0 Å². The third-order valence-corrected chi connectivity index (χ3v) is 5.25. The van der Waals surface area contributed by atoms with Gasteiger partial charge in [-0.1, -0.05) is 30.9 Å². The van der Waals surface area contributed by atoms with Crippen molar-refractivity contribution in [2.45, 2.75) is 37.6 Å². The van der Waals surface area contributed by atoms with Gasteiger partial charge in [0.2, 0.25) is 10.0 Å². The van der Waals surface area contributed by atoms with E-state index < -0.39 is 10.0 Å². The lowest BCUT2D eigenvalue weighted by Crippen LogP contribution is -2.35. The topological polar surface area (TPSA) is 57.6 Å². The van der Waals surface area contributed by atoms with Crippen molar-refractivity contribution >= 4 is 10.0 Å². The molecule has 0 heterocycles. The minimum absolute atomic E-state index is 0.0330. The first-order chi connectivity index (χ1) is 9.45. The van der Waals surface area contributed by atoms with Crippen LogP contribution in [-0.4, -0.2) is 37.5 Å². The van der Waals surface area contributed by atoms with Crippen molar-refractivity contribution in [3.05, 3.63) is 29.8 Å². The summed E-state index contributed by atoms with van der Waals surface area (Å²) < 4.78 is 26.6. The van der Waals surface area contributed by atoms with Gasteiger partial charge in [0.05, 0.1) is 11.5 Å². The fraction of sp³-hybridized carbons (Fsp3) is 0.467. The zero-order chi connectivity index (χ0) is 15.2. The van der Waals surface area contributed by atoms with E-state index in [-0.39, 0.29) is 17.5 Å². The van der Waals surface area contributed by atoms with Crippen molar-refractivity contribution in [1.29, 1.82) is 0 Å². The van der Waals surface area contributed by atoms with Crippen molar-refractivity contribution in [3.8, 4) is 11.8 Å². The van der Waals surface area contributed by atoms with E-state index in [2.05, 4.69) is 11.8 Å². The van der Waals surface area contributed by atoms with Crippen LogP contribution in [0, 0.1) is 11.8 Å². The van der Waals surface area contributed by atoms with Crippen molar-refractivity contribution in [2.75, 3.05) is 13.7 Å². The Kier molecular flexibility index (Phi) is 6.21. The molecule has 1 aromatic rings. The molecule has 0 aliphatic carbocycles. The van der Waals surface area contributed by atoms with Crippen LogP contribution in [0.2, 0.25) is 0 Å². The van der Waals surface area contributed by atoms with E-state index in [1.807, 2.05) is 13.8 Å². The van der Waals surface area contributed by atoms with E-state index in [9.17, 15) is 8.42 Å². The Morgan fingerprint density at radius 2 is 2.00 bits per heavy atom. The van der Waals surface area contributed by atoms with Gasteiger partial charge >= 0.3 is 0 Å². The number of benzene rings is 1. The summed E-state index contributed by atoms with van der Waals surface area (Å²) >= 11 is 0. The summed E-state index contributed by atoms with van der Waals surface area (Å²) in [7, 11) is -1.97. The van der Waals surface area contributed by atoms with E-state index in [0.29, 0.717) is 12.0 Å². The van der Waals surface area contributed by atoms with Crippen molar-refractivity contribution in [3.63, 3.8) is 0 Å². The van der Waals surface area contributed by atoms with Crippen LogP contribution >= 0.6 is 0 Å². The van der Waals surface area contributed by atoms with Crippen molar-refractivity contribution in [2.24, 2.45) is 0 Å². The summed E-state index contributed by atoms with van der Waals surface area (Å²) in [6, 6.07) is 6.62. The SMILES string of the molecule is CCC(C)N(C)S(=O)(=O)c1ccccc1C#CCCO. The average Bonchev–Trinajstić information content (AvgIpc) is 2.46. The Labute approximate surface area is 121 Å². The van der Waals surface area contributed by atoms with Gasteiger partial charge in [-0.25, -0.2) is 8.42 Å². The molecule has 0 amide bonds. The number of nitrogens with zero attached hydrogens (tertiary/aromatic N) is 1. The molecular weight excluding hydrogens is 274 g/mol. The maximum Gasteiger partial charge on any atom is 0.244 e. The Bertz CT molecular complexity index is 599. The van der Waals surface area contributed by atoms with Crippen molar-refractivity contribution < 1.29 is 13.5 Å². The molecule has 1 rings (SSSR count). The van der Waals surface area contributed by atoms with Gasteiger partial charge in [-0.15, -0.1) is 0 Å². The number of aliphatic hydroxyl groups is 1. The first kappa shape index (κ1) is 16.7. The number of sulfonamides is 1. The van der Waals surface area contributed by atoms with Gasteiger partial charge in [0.1, 0.15) is 0 Å². The molecule has 0 aromatic heterocycles. The highest BCUT2D eigenvalue weighted by molar-refractivity contribution is 7.89. The van der Waals surface area contributed by atoms with Crippen molar-refractivity contribution in [1.82, 2.24) is 4.31 Å². The monoisotopic (exact) mass is 295 g/mol.